The van der Waals surface area contributed by atoms with Crippen LogP contribution in [-0.4, -0.2) is 58.3 Å². The lowest BCUT2D eigenvalue weighted by Gasteiger charge is -2.30. The van der Waals surface area contributed by atoms with Crippen molar-refractivity contribution >= 4 is 22.1 Å². The Hall–Kier alpha value is -3.25. The van der Waals surface area contributed by atoms with Crippen LogP contribution < -0.4 is 19.6 Å². The summed E-state index contributed by atoms with van der Waals surface area (Å²) in [5.74, 6) is -0.144. The van der Waals surface area contributed by atoms with Crippen LogP contribution >= 0.6 is 0 Å². The van der Waals surface area contributed by atoms with Gasteiger partial charge in [-0.3, -0.25) is 4.79 Å². The maximum Gasteiger partial charge on any atom is 0.387 e. The number of amides is 1. The van der Waals surface area contributed by atoms with E-state index in [4.69, 9.17) is 9.47 Å². The van der Waals surface area contributed by atoms with Gasteiger partial charge >= 0.3 is 6.61 Å². The van der Waals surface area contributed by atoms with Crippen LogP contribution in [0.1, 0.15) is 25.3 Å². The zero-order valence-electron chi connectivity index (χ0n) is 19.3. The van der Waals surface area contributed by atoms with Crippen molar-refractivity contribution in [2.45, 2.75) is 31.3 Å². The van der Waals surface area contributed by atoms with Crippen LogP contribution in [0.3, 0.4) is 0 Å². The van der Waals surface area contributed by atoms with Gasteiger partial charge in [0, 0.05) is 19.0 Å². The minimum absolute atomic E-state index is 0.0988. The molecule has 1 heterocycles. The highest BCUT2D eigenvalue weighted by molar-refractivity contribution is 7.89. The summed E-state index contributed by atoms with van der Waals surface area (Å²) >= 11 is 0. The van der Waals surface area contributed by atoms with Gasteiger partial charge in [0.15, 0.2) is 11.5 Å². The van der Waals surface area contributed by atoms with E-state index in [9.17, 15) is 22.0 Å². The van der Waals surface area contributed by atoms with Crippen LogP contribution in [0, 0.1) is 5.92 Å². The maximum absolute atomic E-state index is 12.9. The first-order chi connectivity index (χ1) is 16.7. The number of carbonyl (C=O) groups is 1. The molecule has 190 valence electrons. The molecule has 3 rings (SSSR count). The van der Waals surface area contributed by atoms with Crippen molar-refractivity contribution in [3.05, 3.63) is 48.0 Å². The third-order valence-corrected chi connectivity index (χ3v) is 7.30. The van der Waals surface area contributed by atoms with Crippen LogP contribution in [-0.2, 0) is 14.8 Å². The van der Waals surface area contributed by atoms with E-state index in [-0.39, 0.29) is 35.4 Å². The van der Waals surface area contributed by atoms with Gasteiger partial charge in [0.1, 0.15) is 5.75 Å². The minimum atomic E-state index is -3.67. The Kier molecular flexibility index (Phi) is 8.99. The molecule has 12 heteroatoms. The number of halogens is 2. The van der Waals surface area contributed by atoms with Crippen molar-refractivity contribution in [1.29, 1.82) is 0 Å². The lowest BCUT2D eigenvalue weighted by molar-refractivity contribution is -0.126. The average Bonchev–Trinajstić information content (AvgIpc) is 2.85. The number of nitrogens with zero attached hydrogens (tertiary/aromatic N) is 2. The summed E-state index contributed by atoms with van der Waals surface area (Å²) in [5, 5.41) is 3.91. The van der Waals surface area contributed by atoms with Gasteiger partial charge in [-0.05, 0) is 67.8 Å². The molecule has 0 aromatic heterocycles. The maximum atomic E-state index is 12.9. The summed E-state index contributed by atoms with van der Waals surface area (Å²) in [7, 11) is -2.35. The van der Waals surface area contributed by atoms with Gasteiger partial charge < -0.3 is 14.2 Å². The lowest BCUT2D eigenvalue weighted by atomic mass is 9.98. The molecule has 9 nitrogen and oxygen atoms in total. The van der Waals surface area contributed by atoms with E-state index in [1.54, 1.807) is 12.1 Å². The number of hydrazone groups is 1. The van der Waals surface area contributed by atoms with Crippen LogP contribution in [0.25, 0.3) is 0 Å². The fraction of sp³-hybridized carbons (Fsp3) is 0.391. The predicted molar refractivity (Wildman–Crippen MR) is 124 cm³/mol. The Morgan fingerprint density at radius 1 is 1.17 bits per heavy atom. The molecule has 1 aliphatic heterocycles. The van der Waals surface area contributed by atoms with E-state index in [1.165, 1.54) is 48.0 Å². The van der Waals surface area contributed by atoms with Crippen molar-refractivity contribution in [3.8, 4) is 17.2 Å². The minimum Gasteiger partial charge on any atom is -0.494 e. The molecule has 0 radical (unpaired) electrons. The van der Waals surface area contributed by atoms with Crippen molar-refractivity contribution in [2.75, 3.05) is 26.8 Å². The molecule has 0 bridgehead atoms. The number of ether oxygens (including phenoxy) is 3. The van der Waals surface area contributed by atoms with Gasteiger partial charge in [-0.2, -0.15) is 18.2 Å². The molecule has 1 fully saturated rings. The Labute approximate surface area is 202 Å². The Morgan fingerprint density at radius 2 is 1.86 bits per heavy atom. The zero-order chi connectivity index (χ0) is 25.4. The molecule has 2 aromatic rings. The van der Waals surface area contributed by atoms with Gasteiger partial charge in [-0.25, -0.2) is 13.8 Å². The predicted octanol–water partition coefficient (Wildman–Crippen LogP) is 3.25. The Bertz CT molecular complexity index is 1130. The highest BCUT2D eigenvalue weighted by Crippen LogP contribution is 2.29. The molecule has 1 amide bonds. The van der Waals surface area contributed by atoms with Gasteiger partial charge in [0.25, 0.3) is 0 Å². The summed E-state index contributed by atoms with van der Waals surface area (Å²) < 4.78 is 66.8. The van der Waals surface area contributed by atoms with Crippen LogP contribution in [0.4, 0.5) is 8.78 Å². The lowest BCUT2D eigenvalue weighted by Crippen LogP contribution is -2.42. The normalized spacial score (nSPS) is 15.3. The molecule has 2 aromatic carbocycles. The third-order valence-electron chi connectivity index (χ3n) is 5.39. The second kappa shape index (κ2) is 11.9. The average molecular weight is 512 g/mol. The first kappa shape index (κ1) is 26.4. The van der Waals surface area contributed by atoms with Gasteiger partial charge in [-0.1, -0.05) is 0 Å². The number of hydrogen-bond acceptors (Lipinski definition) is 7. The molecular weight excluding hydrogens is 484 g/mol. The molecule has 0 unspecified atom stereocenters. The number of methoxy groups -OCH3 is 1. The second-order valence-electron chi connectivity index (χ2n) is 7.61. The van der Waals surface area contributed by atoms with Crippen molar-refractivity contribution in [3.63, 3.8) is 0 Å². The quantitative estimate of drug-likeness (QED) is 0.388. The monoisotopic (exact) mass is 511 g/mol. The highest BCUT2D eigenvalue weighted by Gasteiger charge is 2.32. The van der Waals surface area contributed by atoms with Crippen LogP contribution in [0.15, 0.2) is 52.5 Å². The first-order valence-corrected chi connectivity index (χ1v) is 12.4. The van der Waals surface area contributed by atoms with Gasteiger partial charge in [-0.15, -0.1) is 0 Å². The Balaban J connectivity index is 1.53. The summed E-state index contributed by atoms with van der Waals surface area (Å²) in [5.41, 5.74) is 2.95. The van der Waals surface area contributed by atoms with Gasteiger partial charge in [0.05, 0.1) is 24.8 Å². The SMILES string of the molecule is CCOc1ccc(S(=O)(=O)N2CCC(C(=O)NN=Cc3ccc(OC(F)F)c(OC)c3)CC2)cc1. The van der Waals surface area contributed by atoms with E-state index in [1.807, 2.05) is 6.92 Å². The van der Waals surface area contributed by atoms with Crippen molar-refractivity contribution < 1.29 is 36.2 Å². The Morgan fingerprint density at radius 3 is 2.46 bits per heavy atom. The number of nitrogens with one attached hydrogen (secondary N) is 1. The topological polar surface area (TPSA) is 107 Å². The summed E-state index contributed by atoms with van der Waals surface area (Å²) in [6.07, 6.45) is 2.05. The molecule has 1 aliphatic rings. The number of piperidine rings is 1. The number of alkyl halides is 2. The van der Waals surface area contributed by atoms with Crippen LogP contribution in [0.2, 0.25) is 0 Å². The number of benzene rings is 2. The number of sulfonamides is 1. The molecular formula is C23H27F2N3O6S. The zero-order valence-corrected chi connectivity index (χ0v) is 20.1. The van der Waals surface area contributed by atoms with E-state index in [2.05, 4.69) is 15.3 Å². The standard InChI is InChI=1S/C23H27F2N3O6S/c1-3-33-18-5-7-19(8-6-18)35(30,31)28-12-10-17(11-13-28)22(29)27-26-15-16-4-9-20(34-23(24)25)21(14-16)32-2/h4-9,14-15,17,23H,3,10-13H2,1-2H3,(H,27,29). The highest BCUT2D eigenvalue weighted by atomic mass is 32.2. The molecule has 0 spiro atoms. The molecule has 1 saturated heterocycles. The van der Waals surface area contributed by atoms with Gasteiger partial charge in [0.2, 0.25) is 15.9 Å². The first-order valence-electron chi connectivity index (χ1n) is 10.9. The molecule has 0 atom stereocenters. The van der Waals surface area contributed by atoms with E-state index >= 15 is 0 Å². The third kappa shape index (κ3) is 6.89. The largest absolute Gasteiger partial charge is 0.494 e. The summed E-state index contributed by atoms with van der Waals surface area (Å²) in [4.78, 5) is 12.7. The molecule has 0 aliphatic carbocycles. The number of carbonyl (C=O) groups excluding carboxylic acids is 1. The van der Waals surface area contributed by atoms with E-state index < -0.39 is 22.6 Å². The molecule has 1 N–H and O–H groups in total. The second-order valence-corrected chi connectivity index (χ2v) is 9.54. The molecule has 35 heavy (non-hydrogen) atoms. The number of rotatable bonds is 10. The fourth-order valence-electron chi connectivity index (χ4n) is 3.60. The molecule has 0 saturated carbocycles. The van der Waals surface area contributed by atoms with Crippen molar-refractivity contribution in [2.24, 2.45) is 11.0 Å². The number of hydrogen-bond donors (Lipinski definition) is 1. The fourth-order valence-corrected chi connectivity index (χ4v) is 5.07. The van der Waals surface area contributed by atoms with Crippen LogP contribution in [0.5, 0.6) is 17.2 Å². The van der Waals surface area contributed by atoms with Crippen molar-refractivity contribution in [1.82, 2.24) is 9.73 Å². The smallest absolute Gasteiger partial charge is 0.387 e. The van der Waals surface area contributed by atoms with E-state index in [0.29, 0.717) is 30.8 Å². The van der Waals surface area contributed by atoms with E-state index in [0.717, 1.165) is 0 Å². The summed E-state index contributed by atoms with van der Waals surface area (Å²) in [6, 6.07) is 10.5. The summed E-state index contributed by atoms with van der Waals surface area (Å²) in [6.45, 7) is -0.230.